The van der Waals surface area contributed by atoms with Crippen LogP contribution in [0.15, 0.2) is 24.3 Å². The minimum absolute atomic E-state index is 0.0360. The molecule has 0 radical (unpaired) electrons. The van der Waals surface area contributed by atoms with Gasteiger partial charge in [-0.15, -0.1) is 0 Å². The molecule has 0 aromatic heterocycles. The van der Waals surface area contributed by atoms with E-state index in [1.807, 2.05) is 31.2 Å². The number of hydrogen-bond acceptors (Lipinski definition) is 4. The van der Waals surface area contributed by atoms with Gasteiger partial charge >= 0.3 is 0 Å². The monoisotopic (exact) mass is 319 g/mol. The third-order valence-electron chi connectivity index (χ3n) is 5.43. The van der Waals surface area contributed by atoms with Crippen LogP contribution in [0.4, 0.5) is 5.69 Å². The average molecular weight is 319 g/mol. The van der Waals surface area contributed by atoms with Crippen LogP contribution < -0.4 is 4.90 Å². The molecule has 2 aliphatic rings. The molecule has 1 saturated heterocycles. The van der Waals surface area contributed by atoms with Gasteiger partial charge in [0.2, 0.25) is 0 Å². The first kappa shape index (κ1) is 16.4. The Kier molecular flexibility index (Phi) is 3.78. The highest BCUT2D eigenvalue weighted by atomic mass is 16.5. The smallest absolute Gasteiger partial charge is 0.264 e. The van der Waals surface area contributed by atoms with E-state index >= 15 is 0 Å². The second kappa shape index (κ2) is 5.30. The van der Waals surface area contributed by atoms with E-state index in [-0.39, 0.29) is 30.5 Å². The number of rotatable bonds is 3. The molecule has 126 valence electrons. The lowest BCUT2D eigenvalue weighted by Gasteiger charge is -2.33. The summed E-state index contributed by atoms with van der Waals surface area (Å²) in [6.07, 6.45) is 0.0402. The Bertz CT molecular complexity index is 624. The molecule has 0 saturated carbocycles. The van der Waals surface area contributed by atoms with Crippen LogP contribution in [0.3, 0.4) is 0 Å². The number of aliphatic hydroxyl groups is 2. The number of carbonyl (C=O) groups excluding carboxylic acids is 1. The van der Waals surface area contributed by atoms with Gasteiger partial charge in [-0.05, 0) is 26.3 Å². The number of hydrogen-bond donors (Lipinski definition) is 2. The van der Waals surface area contributed by atoms with Gasteiger partial charge in [0.1, 0.15) is 0 Å². The fraction of sp³-hybridized carbons (Fsp3) is 0.611. The Morgan fingerprint density at radius 2 is 2.00 bits per heavy atom. The lowest BCUT2D eigenvalue weighted by atomic mass is 9.71. The number of anilines is 1. The van der Waals surface area contributed by atoms with Gasteiger partial charge in [-0.2, -0.15) is 0 Å². The highest BCUT2D eigenvalue weighted by molar-refractivity contribution is 6.07. The summed E-state index contributed by atoms with van der Waals surface area (Å²) >= 11 is 0. The minimum atomic E-state index is -1.07. The Morgan fingerprint density at radius 3 is 2.61 bits per heavy atom. The number of para-hydroxylation sites is 1. The first-order valence-corrected chi connectivity index (χ1v) is 8.14. The van der Waals surface area contributed by atoms with Gasteiger partial charge in [0.05, 0.1) is 17.4 Å². The maximum absolute atomic E-state index is 13.1. The number of fused-ring (bicyclic) bond motifs is 2. The molecule has 5 heteroatoms. The summed E-state index contributed by atoms with van der Waals surface area (Å²) in [6.45, 7) is 5.42. The van der Waals surface area contributed by atoms with E-state index in [4.69, 9.17) is 4.74 Å². The summed E-state index contributed by atoms with van der Waals surface area (Å²) in [7, 11) is 1.75. The summed E-state index contributed by atoms with van der Waals surface area (Å²) in [5, 5.41) is 20.0. The quantitative estimate of drug-likeness (QED) is 0.889. The number of ether oxygens (including phenoxy) is 1. The highest BCUT2D eigenvalue weighted by Gasteiger charge is 2.65. The fourth-order valence-electron chi connectivity index (χ4n) is 4.53. The molecule has 5 nitrogen and oxygen atoms in total. The van der Waals surface area contributed by atoms with Crippen LogP contribution in [0.2, 0.25) is 0 Å². The molecule has 1 aromatic carbocycles. The van der Waals surface area contributed by atoms with E-state index in [0.29, 0.717) is 6.42 Å². The van der Waals surface area contributed by atoms with Crippen molar-refractivity contribution in [3.8, 4) is 0 Å². The molecule has 0 bridgehead atoms. The molecule has 1 amide bonds. The summed E-state index contributed by atoms with van der Waals surface area (Å²) in [5.41, 5.74) is -0.368. The van der Waals surface area contributed by atoms with E-state index in [2.05, 4.69) is 0 Å². The number of carbonyl (C=O) groups is 1. The fourth-order valence-corrected chi connectivity index (χ4v) is 4.53. The van der Waals surface area contributed by atoms with Crippen LogP contribution in [0.25, 0.3) is 0 Å². The number of benzene rings is 1. The molecule has 0 aliphatic carbocycles. The predicted octanol–water partition coefficient (Wildman–Crippen LogP) is 1.66. The average Bonchev–Trinajstić information content (AvgIpc) is 2.89. The largest absolute Gasteiger partial charge is 0.396 e. The molecule has 2 N–H and O–H groups in total. The van der Waals surface area contributed by atoms with Crippen molar-refractivity contribution >= 4 is 11.6 Å². The first-order valence-electron chi connectivity index (χ1n) is 8.14. The van der Waals surface area contributed by atoms with Crippen LogP contribution in [-0.2, 0) is 15.1 Å². The van der Waals surface area contributed by atoms with Crippen LogP contribution in [0.1, 0.15) is 32.8 Å². The van der Waals surface area contributed by atoms with Crippen molar-refractivity contribution in [1.29, 1.82) is 0 Å². The molecule has 1 fully saturated rings. The molecule has 2 aliphatic heterocycles. The first-order chi connectivity index (χ1) is 10.7. The Hall–Kier alpha value is -1.43. The van der Waals surface area contributed by atoms with E-state index in [0.717, 1.165) is 11.3 Å². The molecule has 2 heterocycles. The third kappa shape index (κ3) is 2.14. The molecule has 3 rings (SSSR count). The van der Waals surface area contributed by atoms with Crippen molar-refractivity contribution in [2.24, 2.45) is 11.8 Å². The molecule has 23 heavy (non-hydrogen) atoms. The normalized spacial score (nSPS) is 33.6. The zero-order valence-corrected chi connectivity index (χ0v) is 14.1. The van der Waals surface area contributed by atoms with Crippen molar-refractivity contribution in [3.05, 3.63) is 29.8 Å². The lowest BCUT2D eigenvalue weighted by molar-refractivity contribution is -0.146. The number of aliphatic hydroxyl groups excluding tert-OH is 1. The van der Waals surface area contributed by atoms with Gasteiger partial charge in [0.15, 0.2) is 5.60 Å². The van der Waals surface area contributed by atoms with E-state index in [9.17, 15) is 15.0 Å². The lowest BCUT2D eigenvalue weighted by Crippen LogP contribution is -2.45. The number of likely N-dealkylation sites (N-methyl/N-ethyl adjacent to an activating group) is 1. The summed E-state index contributed by atoms with van der Waals surface area (Å²) in [4.78, 5) is 14.7. The molecular formula is C18H25NO4. The van der Waals surface area contributed by atoms with Crippen LogP contribution in [0, 0.1) is 11.8 Å². The third-order valence-corrected chi connectivity index (χ3v) is 5.43. The summed E-state index contributed by atoms with van der Waals surface area (Å²) < 4.78 is 6.30. The van der Waals surface area contributed by atoms with Crippen molar-refractivity contribution in [1.82, 2.24) is 0 Å². The second-order valence-corrected chi connectivity index (χ2v) is 7.25. The van der Waals surface area contributed by atoms with Crippen molar-refractivity contribution in [2.45, 2.75) is 44.5 Å². The van der Waals surface area contributed by atoms with E-state index in [1.54, 1.807) is 25.8 Å². The van der Waals surface area contributed by atoms with Gasteiger partial charge in [-0.25, -0.2) is 0 Å². The Morgan fingerprint density at radius 1 is 1.35 bits per heavy atom. The number of amides is 1. The maximum atomic E-state index is 13.1. The molecular weight excluding hydrogens is 294 g/mol. The maximum Gasteiger partial charge on any atom is 0.264 e. The zero-order chi connectivity index (χ0) is 17.0. The van der Waals surface area contributed by atoms with Crippen LogP contribution in [0.5, 0.6) is 0 Å². The predicted molar refractivity (Wildman–Crippen MR) is 87.1 cm³/mol. The highest BCUT2D eigenvalue weighted by Crippen LogP contribution is 2.57. The zero-order valence-electron chi connectivity index (χ0n) is 14.1. The molecule has 1 spiro atoms. The molecule has 4 atom stereocenters. The van der Waals surface area contributed by atoms with Crippen LogP contribution in [-0.4, -0.2) is 41.5 Å². The summed E-state index contributed by atoms with van der Waals surface area (Å²) in [5.74, 6) is -0.531. The minimum Gasteiger partial charge on any atom is -0.396 e. The van der Waals surface area contributed by atoms with Crippen molar-refractivity contribution in [3.63, 3.8) is 0 Å². The van der Waals surface area contributed by atoms with E-state index in [1.165, 1.54) is 0 Å². The summed E-state index contributed by atoms with van der Waals surface area (Å²) in [6, 6.07) is 7.65. The van der Waals surface area contributed by atoms with Crippen LogP contribution >= 0.6 is 0 Å². The van der Waals surface area contributed by atoms with Gasteiger partial charge in [-0.1, -0.05) is 25.1 Å². The molecule has 1 aromatic rings. The number of nitrogens with zero attached hydrogens (tertiary/aromatic N) is 1. The topological polar surface area (TPSA) is 70.0 Å². The van der Waals surface area contributed by atoms with E-state index < -0.39 is 11.2 Å². The van der Waals surface area contributed by atoms with Gasteiger partial charge < -0.3 is 19.8 Å². The molecule has 0 unspecified atom stereocenters. The Balaban J connectivity index is 2.14. The van der Waals surface area contributed by atoms with Gasteiger partial charge in [0, 0.05) is 31.1 Å². The Labute approximate surface area is 136 Å². The standard InChI is InChI=1S/C18H25NO4/c1-11-15(17(2,3)22)14(9-10-20)23-18(11)12-7-5-6-8-13(12)19(4)16(18)21/h5-8,11,14-15,20,22H,9-10H2,1-4H3/t11-,14+,15-,18+/m0/s1. The van der Waals surface area contributed by atoms with Crippen molar-refractivity contribution < 1.29 is 19.7 Å². The van der Waals surface area contributed by atoms with Gasteiger partial charge in [0.25, 0.3) is 5.91 Å². The van der Waals surface area contributed by atoms with Crippen molar-refractivity contribution in [2.75, 3.05) is 18.6 Å². The van der Waals surface area contributed by atoms with Gasteiger partial charge in [-0.3, -0.25) is 4.79 Å². The SMILES string of the molecule is C[C@H]1[C@H](C(C)(C)O)[C@@H](CCO)O[C@]12C(=O)N(C)c1ccccc12. The second-order valence-electron chi connectivity index (χ2n) is 7.25.